The van der Waals surface area contributed by atoms with Crippen molar-refractivity contribution in [3.8, 4) is 11.8 Å². The van der Waals surface area contributed by atoms with Gasteiger partial charge in [0.1, 0.15) is 6.23 Å². The number of benzene rings is 1. The third-order valence-electron chi connectivity index (χ3n) is 9.25. The third kappa shape index (κ3) is 6.60. The molecule has 0 radical (unpaired) electrons. The quantitative estimate of drug-likeness (QED) is 0.365. The van der Waals surface area contributed by atoms with Crippen molar-refractivity contribution in [1.29, 1.82) is 0 Å². The van der Waals surface area contributed by atoms with E-state index in [1.807, 2.05) is 49.5 Å². The number of rotatable bonds is 7. The molecule has 8 nitrogen and oxygen atoms in total. The lowest BCUT2D eigenvalue weighted by atomic mass is 9.73. The van der Waals surface area contributed by atoms with Crippen molar-refractivity contribution in [2.24, 2.45) is 22.2 Å². The van der Waals surface area contributed by atoms with Crippen LogP contribution in [0.25, 0.3) is 0 Å². The highest BCUT2D eigenvalue weighted by Gasteiger charge is 2.67. The number of nitrogens with zero attached hydrogens (tertiary/aromatic N) is 1. The number of carbonyl (C=O) groups is 3. The van der Waals surface area contributed by atoms with Gasteiger partial charge in [-0.3, -0.25) is 19.3 Å². The molecule has 0 aromatic heterocycles. The van der Waals surface area contributed by atoms with Crippen LogP contribution in [-0.4, -0.2) is 71.3 Å². The van der Waals surface area contributed by atoms with Crippen molar-refractivity contribution < 1.29 is 32.7 Å². The van der Waals surface area contributed by atoms with Gasteiger partial charge in [-0.05, 0) is 54.1 Å². The Morgan fingerprint density at radius 1 is 1.14 bits per heavy atom. The molecule has 230 valence electrons. The lowest BCUT2D eigenvalue weighted by molar-refractivity contribution is -0.178. The maximum atomic E-state index is 14.1. The first kappa shape index (κ1) is 31.8. The third-order valence-corrected chi connectivity index (χ3v) is 9.25. The standard InChI is InChI=1S/C31H41F3N4O4/c1-28(2,3)22(37-27(42)31(32,33)34)26(41)38-18-30(14-15-30)29(4,5)23(38)25(40)36-21(17-20-13-16-35-24(20)39)12-11-19-9-7-6-8-10-19/h6-10,20-23,26,41H,13-18H2,1-5H3,(H,35,39)(H,36,40)(H,37,42)/t20-,21+,22+,23+,26?/m0/s1. The Balaban J connectivity index is 1.63. The second-order valence-electron chi connectivity index (χ2n) is 13.5. The predicted octanol–water partition coefficient (Wildman–Crippen LogP) is 2.95. The Bertz CT molecular complexity index is 1240. The average Bonchev–Trinajstić information content (AvgIpc) is 3.52. The zero-order valence-electron chi connectivity index (χ0n) is 24.8. The molecular weight excluding hydrogens is 549 g/mol. The molecule has 1 saturated carbocycles. The maximum absolute atomic E-state index is 14.1. The maximum Gasteiger partial charge on any atom is 0.471 e. The van der Waals surface area contributed by atoms with E-state index in [2.05, 4.69) is 22.5 Å². The largest absolute Gasteiger partial charge is 0.471 e. The van der Waals surface area contributed by atoms with Crippen LogP contribution in [0.3, 0.4) is 0 Å². The summed E-state index contributed by atoms with van der Waals surface area (Å²) in [5, 5.41) is 19.4. The van der Waals surface area contributed by atoms with Crippen LogP contribution in [0.1, 0.15) is 65.9 Å². The van der Waals surface area contributed by atoms with E-state index in [0.717, 1.165) is 18.4 Å². The van der Waals surface area contributed by atoms with Gasteiger partial charge < -0.3 is 21.1 Å². The normalized spacial score (nSPS) is 25.1. The van der Waals surface area contributed by atoms with Gasteiger partial charge in [-0.2, -0.15) is 13.2 Å². The SMILES string of the molecule is CC(C)(C)[C@H](NC(=O)C(F)(F)F)C(O)N1CC2(CC2)C(C)(C)[C@H]1C(=O)N[C@H](C#Cc1ccccc1)C[C@@H]1CCNC1=O. The summed E-state index contributed by atoms with van der Waals surface area (Å²) in [5.41, 5.74) is -1.17. The number of aliphatic hydroxyl groups is 1. The van der Waals surface area contributed by atoms with Crippen LogP contribution in [-0.2, 0) is 14.4 Å². The number of carbonyl (C=O) groups excluding carboxylic acids is 3. The Hall–Kier alpha value is -3.10. The molecule has 2 saturated heterocycles. The first-order valence-corrected chi connectivity index (χ1v) is 14.4. The highest BCUT2D eigenvalue weighted by Crippen LogP contribution is 2.65. The summed E-state index contributed by atoms with van der Waals surface area (Å²) in [6.07, 6.45) is -4.17. The molecule has 1 aliphatic carbocycles. The highest BCUT2D eigenvalue weighted by atomic mass is 19.4. The fourth-order valence-corrected chi connectivity index (χ4v) is 6.43. The molecule has 3 fully saturated rings. The monoisotopic (exact) mass is 590 g/mol. The van der Waals surface area contributed by atoms with Crippen LogP contribution in [0, 0.1) is 34.0 Å². The van der Waals surface area contributed by atoms with E-state index in [4.69, 9.17) is 0 Å². The fourth-order valence-electron chi connectivity index (χ4n) is 6.43. The van der Waals surface area contributed by atoms with Gasteiger partial charge in [0.05, 0.1) is 18.1 Å². The number of likely N-dealkylation sites (tertiary alicyclic amines) is 1. The number of aliphatic hydroxyl groups excluding tert-OH is 1. The Kier molecular flexibility index (Phi) is 8.74. The molecule has 3 aliphatic rings. The fraction of sp³-hybridized carbons (Fsp3) is 0.645. The number of amides is 3. The topological polar surface area (TPSA) is 111 Å². The minimum Gasteiger partial charge on any atom is -0.376 e. The van der Waals surface area contributed by atoms with Crippen molar-refractivity contribution in [3.05, 3.63) is 35.9 Å². The minimum absolute atomic E-state index is 0.0978. The molecule has 2 heterocycles. The molecule has 4 N–H and O–H groups in total. The smallest absolute Gasteiger partial charge is 0.376 e. The molecule has 1 aromatic carbocycles. The van der Waals surface area contributed by atoms with Gasteiger partial charge in [-0.25, -0.2) is 0 Å². The Morgan fingerprint density at radius 3 is 2.31 bits per heavy atom. The lowest BCUT2D eigenvalue weighted by Gasteiger charge is -2.42. The zero-order chi connectivity index (χ0) is 31.1. The molecule has 4 rings (SSSR count). The lowest BCUT2D eigenvalue weighted by Crippen LogP contribution is -2.63. The molecule has 11 heteroatoms. The molecule has 42 heavy (non-hydrogen) atoms. The van der Waals surface area contributed by atoms with Crippen molar-refractivity contribution >= 4 is 17.7 Å². The van der Waals surface area contributed by atoms with Crippen LogP contribution < -0.4 is 16.0 Å². The van der Waals surface area contributed by atoms with E-state index >= 15 is 0 Å². The summed E-state index contributed by atoms with van der Waals surface area (Å²) >= 11 is 0. The van der Waals surface area contributed by atoms with E-state index in [1.54, 1.807) is 25.7 Å². The zero-order valence-corrected chi connectivity index (χ0v) is 24.8. The first-order chi connectivity index (χ1) is 19.5. The summed E-state index contributed by atoms with van der Waals surface area (Å²) in [5.74, 6) is 3.19. The number of hydrogen-bond acceptors (Lipinski definition) is 5. The van der Waals surface area contributed by atoms with E-state index in [-0.39, 0.29) is 17.2 Å². The molecule has 3 amide bonds. The Morgan fingerprint density at radius 2 is 1.79 bits per heavy atom. The Labute approximate surface area is 245 Å². The summed E-state index contributed by atoms with van der Waals surface area (Å²) < 4.78 is 39.7. The molecule has 5 atom stereocenters. The summed E-state index contributed by atoms with van der Waals surface area (Å²) in [6, 6.07) is 6.33. The van der Waals surface area contributed by atoms with Crippen molar-refractivity contribution in [3.63, 3.8) is 0 Å². The number of alkyl halides is 3. The summed E-state index contributed by atoms with van der Waals surface area (Å²) in [6.45, 7) is 9.60. The minimum atomic E-state index is -5.13. The molecular formula is C31H41F3N4O4. The van der Waals surface area contributed by atoms with Crippen molar-refractivity contribution in [1.82, 2.24) is 20.9 Å². The van der Waals surface area contributed by atoms with Crippen LogP contribution in [0.15, 0.2) is 30.3 Å². The van der Waals surface area contributed by atoms with Crippen LogP contribution in [0.4, 0.5) is 13.2 Å². The second-order valence-corrected chi connectivity index (χ2v) is 13.5. The van der Waals surface area contributed by atoms with Gasteiger partial charge >= 0.3 is 12.1 Å². The van der Waals surface area contributed by atoms with E-state index in [1.165, 1.54) is 0 Å². The molecule has 2 aliphatic heterocycles. The molecule has 1 spiro atoms. The van der Waals surface area contributed by atoms with Crippen molar-refractivity contribution in [2.75, 3.05) is 13.1 Å². The van der Waals surface area contributed by atoms with E-state index in [9.17, 15) is 32.7 Å². The van der Waals surface area contributed by atoms with Gasteiger partial charge in [0.25, 0.3) is 0 Å². The van der Waals surface area contributed by atoms with E-state index in [0.29, 0.717) is 25.9 Å². The highest BCUT2D eigenvalue weighted by molar-refractivity contribution is 5.85. The van der Waals surface area contributed by atoms with Crippen LogP contribution in [0.5, 0.6) is 0 Å². The molecule has 1 unspecified atom stereocenters. The van der Waals surface area contributed by atoms with E-state index < -0.39 is 53.2 Å². The van der Waals surface area contributed by atoms with Gasteiger partial charge in [0, 0.05) is 24.6 Å². The predicted molar refractivity (Wildman–Crippen MR) is 150 cm³/mol. The van der Waals surface area contributed by atoms with Gasteiger partial charge in [-0.1, -0.05) is 64.7 Å². The van der Waals surface area contributed by atoms with Crippen LogP contribution >= 0.6 is 0 Å². The average molecular weight is 591 g/mol. The van der Waals surface area contributed by atoms with Crippen LogP contribution in [0.2, 0.25) is 0 Å². The number of halogens is 3. The first-order valence-electron chi connectivity index (χ1n) is 14.4. The van der Waals surface area contributed by atoms with Gasteiger partial charge in [0.2, 0.25) is 11.8 Å². The summed E-state index contributed by atoms with van der Waals surface area (Å²) in [7, 11) is 0. The van der Waals surface area contributed by atoms with Gasteiger partial charge in [-0.15, -0.1) is 0 Å². The van der Waals surface area contributed by atoms with Crippen molar-refractivity contribution in [2.45, 2.75) is 90.8 Å². The number of hydrogen-bond donors (Lipinski definition) is 4. The molecule has 0 bridgehead atoms. The van der Waals surface area contributed by atoms with Gasteiger partial charge in [0.15, 0.2) is 0 Å². The second kappa shape index (κ2) is 11.5. The number of nitrogens with one attached hydrogen (secondary N) is 3. The molecule has 1 aromatic rings. The summed E-state index contributed by atoms with van der Waals surface area (Å²) in [4.78, 5) is 40.0.